The zero-order chi connectivity index (χ0) is 22.6. The summed E-state index contributed by atoms with van der Waals surface area (Å²) < 4.78 is 44.3. The predicted molar refractivity (Wildman–Crippen MR) is 120 cm³/mol. The first-order valence-electron chi connectivity index (χ1n) is 9.91. The molecule has 8 nitrogen and oxygen atoms in total. The minimum Gasteiger partial charge on any atom is -0.486 e. The lowest BCUT2D eigenvalue weighted by molar-refractivity contribution is -0.118. The van der Waals surface area contributed by atoms with E-state index in [4.69, 9.17) is 14.2 Å². The molecular weight excluding hydrogens is 432 g/mol. The third-order valence-electron chi connectivity index (χ3n) is 4.60. The lowest BCUT2D eigenvalue weighted by atomic mass is 10.2. The number of aryl methyl sites for hydroxylation is 1. The van der Waals surface area contributed by atoms with Gasteiger partial charge in [0.15, 0.2) is 18.1 Å². The van der Waals surface area contributed by atoms with Gasteiger partial charge in [-0.15, -0.1) is 0 Å². The minimum absolute atomic E-state index is 0.0624. The van der Waals surface area contributed by atoms with Gasteiger partial charge in [0.25, 0.3) is 15.9 Å². The molecule has 1 aliphatic rings. The third kappa shape index (κ3) is 5.30. The molecule has 0 spiro atoms. The number of amides is 1. The van der Waals surface area contributed by atoms with Crippen LogP contribution in [-0.4, -0.2) is 34.1 Å². The quantitative estimate of drug-likeness (QED) is 0.566. The molecule has 0 unspecified atom stereocenters. The first-order valence-corrected chi connectivity index (χ1v) is 11.4. The summed E-state index contributed by atoms with van der Waals surface area (Å²) in [6.45, 7) is 2.60. The highest BCUT2D eigenvalue weighted by atomic mass is 32.2. The van der Waals surface area contributed by atoms with E-state index < -0.39 is 10.0 Å². The maximum atomic E-state index is 12.7. The third-order valence-corrected chi connectivity index (χ3v) is 5.98. The number of anilines is 2. The molecule has 0 aromatic heterocycles. The van der Waals surface area contributed by atoms with Gasteiger partial charge in [0.1, 0.15) is 19.0 Å². The van der Waals surface area contributed by atoms with E-state index in [1.807, 2.05) is 25.1 Å². The van der Waals surface area contributed by atoms with Crippen molar-refractivity contribution in [2.45, 2.75) is 11.8 Å². The van der Waals surface area contributed by atoms with Gasteiger partial charge < -0.3 is 19.5 Å². The number of carbonyl (C=O) groups is 1. The Balaban J connectivity index is 1.35. The standard InChI is InChI=1S/C23H22N2O6S/c1-16-3-2-4-19(13-16)31-15-23(26)24-17-5-7-18(8-6-17)25-32(27,28)20-9-10-21-22(14-20)30-12-11-29-21/h2-10,13-14,25H,11-12,15H2,1H3,(H,24,26). The fourth-order valence-corrected chi connectivity index (χ4v) is 4.15. The number of carbonyl (C=O) groups excluding carboxylic acids is 1. The van der Waals surface area contributed by atoms with E-state index in [0.717, 1.165) is 5.56 Å². The topological polar surface area (TPSA) is 103 Å². The number of rotatable bonds is 7. The molecule has 0 bridgehead atoms. The van der Waals surface area contributed by atoms with Crippen LogP contribution < -0.4 is 24.2 Å². The van der Waals surface area contributed by atoms with Gasteiger partial charge in [0, 0.05) is 17.4 Å². The van der Waals surface area contributed by atoms with E-state index in [2.05, 4.69) is 10.0 Å². The number of ether oxygens (including phenoxy) is 3. The normalized spacial score (nSPS) is 12.7. The molecule has 0 atom stereocenters. The molecule has 1 amide bonds. The van der Waals surface area contributed by atoms with Gasteiger partial charge in [-0.25, -0.2) is 8.42 Å². The van der Waals surface area contributed by atoms with E-state index in [1.54, 1.807) is 36.4 Å². The highest BCUT2D eigenvalue weighted by Crippen LogP contribution is 2.32. The SMILES string of the molecule is Cc1cccc(OCC(=O)Nc2ccc(NS(=O)(=O)c3ccc4c(c3)OCCO4)cc2)c1. The van der Waals surface area contributed by atoms with Crippen molar-refractivity contribution in [1.29, 1.82) is 0 Å². The molecular formula is C23H22N2O6S. The van der Waals surface area contributed by atoms with Crippen molar-refractivity contribution in [3.05, 3.63) is 72.3 Å². The second-order valence-corrected chi connectivity index (χ2v) is 8.82. The number of sulfonamides is 1. The van der Waals surface area contributed by atoms with E-state index >= 15 is 0 Å². The molecule has 2 N–H and O–H groups in total. The number of benzene rings is 3. The fraction of sp³-hybridized carbons (Fsp3) is 0.174. The summed E-state index contributed by atoms with van der Waals surface area (Å²) in [5.41, 5.74) is 1.91. The average molecular weight is 455 g/mol. The van der Waals surface area contributed by atoms with Gasteiger partial charge in [-0.2, -0.15) is 0 Å². The van der Waals surface area contributed by atoms with Gasteiger partial charge in [-0.1, -0.05) is 12.1 Å². The average Bonchev–Trinajstić information content (AvgIpc) is 2.78. The Hall–Kier alpha value is -3.72. The van der Waals surface area contributed by atoms with Crippen LogP contribution in [0.1, 0.15) is 5.56 Å². The summed E-state index contributed by atoms with van der Waals surface area (Å²) in [6.07, 6.45) is 0. The van der Waals surface area contributed by atoms with E-state index in [-0.39, 0.29) is 17.4 Å². The van der Waals surface area contributed by atoms with E-state index in [0.29, 0.717) is 41.8 Å². The van der Waals surface area contributed by atoms with E-state index in [9.17, 15) is 13.2 Å². The molecule has 0 saturated heterocycles. The van der Waals surface area contributed by atoms with Crippen LogP contribution in [0.5, 0.6) is 17.2 Å². The maximum Gasteiger partial charge on any atom is 0.262 e. The number of hydrogen-bond acceptors (Lipinski definition) is 6. The van der Waals surface area contributed by atoms with Crippen molar-refractivity contribution in [2.24, 2.45) is 0 Å². The molecule has 32 heavy (non-hydrogen) atoms. The zero-order valence-corrected chi connectivity index (χ0v) is 18.1. The molecule has 3 aromatic rings. The predicted octanol–water partition coefficient (Wildman–Crippen LogP) is 3.58. The van der Waals surface area contributed by atoms with Crippen molar-refractivity contribution in [3.8, 4) is 17.2 Å². The van der Waals surface area contributed by atoms with Crippen molar-refractivity contribution >= 4 is 27.3 Å². The van der Waals surface area contributed by atoms with Crippen LogP contribution in [-0.2, 0) is 14.8 Å². The summed E-state index contributed by atoms with van der Waals surface area (Å²) >= 11 is 0. The monoisotopic (exact) mass is 454 g/mol. The number of hydrogen-bond donors (Lipinski definition) is 2. The van der Waals surface area contributed by atoms with Crippen LogP contribution >= 0.6 is 0 Å². The Morgan fingerprint density at radius 3 is 2.41 bits per heavy atom. The molecule has 166 valence electrons. The molecule has 4 rings (SSSR count). The van der Waals surface area contributed by atoms with Crippen LogP contribution in [0.25, 0.3) is 0 Å². The lowest BCUT2D eigenvalue weighted by Gasteiger charge is -2.19. The summed E-state index contributed by atoms with van der Waals surface area (Å²) in [7, 11) is -3.82. The smallest absolute Gasteiger partial charge is 0.262 e. The molecule has 0 fully saturated rings. The van der Waals surface area contributed by atoms with Crippen molar-refractivity contribution < 1.29 is 27.4 Å². The molecule has 9 heteroatoms. The molecule has 0 radical (unpaired) electrons. The molecule has 0 aliphatic carbocycles. The van der Waals surface area contributed by atoms with Crippen molar-refractivity contribution in [1.82, 2.24) is 0 Å². The molecule has 0 saturated carbocycles. The first-order chi connectivity index (χ1) is 15.4. The molecule has 3 aromatic carbocycles. The Morgan fingerprint density at radius 1 is 0.938 bits per heavy atom. The van der Waals surface area contributed by atoms with Crippen LogP contribution in [0.4, 0.5) is 11.4 Å². The van der Waals surface area contributed by atoms with E-state index in [1.165, 1.54) is 12.1 Å². The lowest BCUT2D eigenvalue weighted by Crippen LogP contribution is -2.20. The van der Waals surface area contributed by atoms with Crippen LogP contribution in [0, 0.1) is 6.92 Å². The highest BCUT2D eigenvalue weighted by Gasteiger charge is 2.19. The number of nitrogens with one attached hydrogen (secondary N) is 2. The minimum atomic E-state index is -3.82. The Morgan fingerprint density at radius 2 is 1.66 bits per heavy atom. The summed E-state index contributed by atoms with van der Waals surface area (Å²) in [6, 6.07) is 18.2. The van der Waals surface area contributed by atoms with Crippen LogP contribution in [0.15, 0.2) is 71.6 Å². The second-order valence-electron chi connectivity index (χ2n) is 7.14. The second kappa shape index (κ2) is 9.19. The van der Waals surface area contributed by atoms with Crippen LogP contribution in [0.3, 0.4) is 0 Å². The largest absolute Gasteiger partial charge is 0.486 e. The first kappa shape index (κ1) is 21.5. The van der Waals surface area contributed by atoms with Gasteiger partial charge in [0.05, 0.1) is 4.90 Å². The van der Waals surface area contributed by atoms with Crippen molar-refractivity contribution in [2.75, 3.05) is 29.9 Å². The molecule has 1 aliphatic heterocycles. The summed E-state index contributed by atoms with van der Waals surface area (Å²) in [5, 5.41) is 2.71. The summed E-state index contributed by atoms with van der Waals surface area (Å²) in [4.78, 5) is 12.2. The maximum absolute atomic E-state index is 12.7. The van der Waals surface area contributed by atoms with Gasteiger partial charge in [-0.3, -0.25) is 9.52 Å². The highest BCUT2D eigenvalue weighted by molar-refractivity contribution is 7.92. The number of fused-ring (bicyclic) bond motifs is 1. The Labute approximate surface area is 186 Å². The fourth-order valence-electron chi connectivity index (χ4n) is 3.08. The van der Waals surface area contributed by atoms with Crippen LogP contribution in [0.2, 0.25) is 0 Å². The van der Waals surface area contributed by atoms with Gasteiger partial charge in [0.2, 0.25) is 0 Å². The Bertz CT molecular complexity index is 1230. The Kier molecular flexibility index (Phi) is 6.18. The summed E-state index contributed by atoms with van der Waals surface area (Å²) in [5.74, 6) is 1.20. The van der Waals surface area contributed by atoms with Crippen molar-refractivity contribution in [3.63, 3.8) is 0 Å². The van der Waals surface area contributed by atoms with Gasteiger partial charge >= 0.3 is 0 Å². The molecule has 1 heterocycles. The van der Waals surface area contributed by atoms with Gasteiger partial charge in [-0.05, 0) is 61.0 Å². The zero-order valence-electron chi connectivity index (χ0n) is 17.3.